The third-order valence-electron chi connectivity index (χ3n) is 9.42. The first-order valence-corrected chi connectivity index (χ1v) is 15.2. The van der Waals surface area contributed by atoms with Gasteiger partial charge in [-0.1, -0.05) is 44.2 Å². The molecule has 2 saturated heterocycles. The van der Waals surface area contributed by atoms with Crippen LogP contribution in [0.2, 0.25) is 0 Å². The van der Waals surface area contributed by atoms with E-state index in [2.05, 4.69) is 70.3 Å². The molecule has 0 spiro atoms. The summed E-state index contributed by atoms with van der Waals surface area (Å²) in [5.74, 6) is 1.66. The van der Waals surface area contributed by atoms with Crippen LogP contribution in [0, 0.1) is 16.7 Å². The van der Waals surface area contributed by atoms with E-state index in [1.54, 1.807) is 0 Å². The molecule has 39 heavy (non-hydrogen) atoms. The van der Waals surface area contributed by atoms with Crippen molar-refractivity contribution < 1.29 is 4.74 Å². The van der Waals surface area contributed by atoms with Gasteiger partial charge in [-0.2, -0.15) is 10.2 Å². The van der Waals surface area contributed by atoms with E-state index in [9.17, 15) is 5.26 Å². The fraction of sp³-hybridized carbons (Fsp3) is 0.625. The van der Waals surface area contributed by atoms with Gasteiger partial charge < -0.3 is 19.9 Å². The second kappa shape index (κ2) is 11.4. The van der Waals surface area contributed by atoms with Gasteiger partial charge in [0.15, 0.2) is 0 Å². The van der Waals surface area contributed by atoms with Gasteiger partial charge in [-0.25, -0.2) is 0 Å². The molecular weight excluding hydrogens is 484 g/mol. The normalized spacial score (nSPS) is 23.5. The van der Waals surface area contributed by atoms with Crippen molar-refractivity contribution >= 4 is 5.82 Å². The van der Waals surface area contributed by atoms with Crippen molar-refractivity contribution in [2.24, 2.45) is 5.41 Å². The number of ether oxygens (including phenoxy) is 1. The molecule has 0 amide bonds. The maximum atomic E-state index is 10.4. The number of hydrogen-bond acceptors (Lipinski definition) is 7. The van der Waals surface area contributed by atoms with Gasteiger partial charge in [-0.05, 0) is 62.7 Å². The van der Waals surface area contributed by atoms with Gasteiger partial charge in [-0.3, -0.25) is 4.90 Å². The van der Waals surface area contributed by atoms with Crippen molar-refractivity contribution in [3.05, 3.63) is 52.6 Å². The number of hydrogen-bond donors (Lipinski definition) is 1. The van der Waals surface area contributed by atoms with Crippen LogP contribution in [0.4, 0.5) is 5.82 Å². The van der Waals surface area contributed by atoms with Crippen LogP contribution in [0.15, 0.2) is 30.3 Å². The molecule has 2 atom stereocenters. The monoisotopic (exact) mass is 528 g/mol. The summed E-state index contributed by atoms with van der Waals surface area (Å²) in [5.41, 5.74) is 4.59. The van der Waals surface area contributed by atoms with E-state index in [-0.39, 0.29) is 5.41 Å². The topological polar surface area (TPSA) is 67.7 Å². The number of fused-ring (bicyclic) bond motifs is 3. The van der Waals surface area contributed by atoms with Crippen LogP contribution in [0.25, 0.3) is 0 Å². The maximum Gasteiger partial charge on any atom is 0.234 e. The Balaban J connectivity index is 1.31. The molecular formula is C32H44N6O. The molecule has 0 radical (unpaired) electrons. The van der Waals surface area contributed by atoms with Crippen LogP contribution in [-0.4, -0.2) is 72.7 Å². The summed E-state index contributed by atoms with van der Waals surface area (Å²) in [6.45, 7) is 13.1. The number of pyridine rings is 1. The highest BCUT2D eigenvalue weighted by Gasteiger charge is 2.45. The van der Waals surface area contributed by atoms with E-state index in [4.69, 9.17) is 9.72 Å². The molecule has 2 unspecified atom stereocenters. The number of nitrogens with zero attached hydrogens (tertiary/aromatic N) is 5. The smallest absolute Gasteiger partial charge is 0.234 e. The molecule has 1 aliphatic carbocycles. The number of piperazine rings is 1. The molecule has 1 saturated carbocycles. The molecule has 6 rings (SSSR count). The highest BCUT2D eigenvalue weighted by Crippen LogP contribution is 2.47. The van der Waals surface area contributed by atoms with Gasteiger partial charge in [-0.15, -0.1) is 0 Å². The van der Waals surface area contributed by atoms with E-state index in [0.29, 0.717) is 30.1 Å². The second-order valence-electron chi connectivity index (χ2n) is 12.2. The van der Waals surface area contributed by atoms with Gasteiger partial charge >= 0.3 is 0 Å². The van der Waals surface area contributed by atoms with Crippen LogP contribution in [-0.2, 0) is 19.5 Å². The highest BCUT2D eigenvalue weighted by atomic mass is 16.5. The van der Waals surface area contributed by atoms with Crippen molar-refractivity contribution in [3.8, 4) is 11.9 Å². The van der Waals surface area contributed by atoms with Crippen molar-refractivity contribution in [2.45, 2.75) is 77.5 Å². The lowest BCUT2D eigenvalue weighted by atomic mass is 9.95. The summed E-state index contributed by atoms with van der Waals surface area (Å²) in [4.78, 5) is 12.8. The Morgan fingerprint density at radius 2 is 1.90 bits per heavy atom. The number of aromatic nitrogens is 1. The summed E-state index contributed by atoms with van der Waals surface area (Å²) >= 11 is 0. The van der Waals surface area contributed by atoms with E-state index in [1.165, 1.54) is 43.2 Å². The molecule has 2 bridgehead atoms. The first-order valence-electron chi connectivity index (χ1n) is 15.2. The van der Waals surface area contributed by atoms with Gasteiger partial charge in [0.1, 0.15) is 17.5 Å². The van der Waals surface area contributed by atoms with E-state index in [0.717, 1.165) is 70.2 Å². The highest BCUT2D eigenvalue weighted by molar-refractivity contribution is 5.62. The van der Waals surface area contributed by atoms with E-state index < -0.39 is 0 Å². The number of nitrogens with one attached hydrogen (secondary N) is 1. The number of anilines is 1. The van der Waals surface area contributed by atoms with Crippen molar-refractivity contribution in [2.75, 3.05) is 50.8 Å². The molecule has 1 aromatic carbocycles. The molecule has 7 nitrogen and oxygen atoms in total. The maximum absolute atomic E-state index is 10.4. The lowest BCUT2D eigenvalue weighted by Crippen LogP contribution is -2.53. The van der Waals surface area contributed by atoms with Gasteiger partial charge in [0.05, 0.1) is 6.61 Å². The SMILES string of the molecule is CCCN(CC)CC1(COc2nc(N3C4CCC3CNC4)c3c(c2C#N)CN(Cc2ccccc2)CC3)CC1. The third-order valence-corrected chi connectivity index (χ3v) is 9.42. The second-order valence-corrected chi connectivity index (χ2v) is 12.2. The van der Waals surface area contributed by atoms with Crippen LogP contribution < -0.4 is 15.0 Å². The molecule has 1 aromatic heterocycles. The standard InChI is InChI=1S/C32H44N6O/c1-3-15-36(4-2)22-32(13-14-32)23-39-31-28(17-33)29-21-37(20-24-8-6-5-7-9-24)16-12-27(29)30(35-31)38-25-10-11-26(38)19-34-18-25/h5-9,25-26,34H,3-4,10-16,18-23H2,1-2H3. The van der Waals surface area contributed by atoms with E-state index >= 15 is 0 Å². The Hall–Kier alpha value is -2.66. The van der Waals surface area contributed by atoms with Crippen molar-refractivity contribution in [3.63, 3.8) is 0 Å². The zero-order valence-corrected chi connectivity index (χ0v) is 23.8. The summed E-state index contributed by atoms with van der Waals surface area (Å²) in [6.07, 6.45) is 6.90. The molecule has 2 aromatic rings. The number of nitriles is 1. The van der Waals surface area contributed by atoms with Gasteiger partial charge in [0, 0.05) is 62.3 Å². The minimum Gasteiger partial charge on any atom is -0.476 e. The summed E-state index contributed by atoms with van der Waals surface area (Å²) < 4.78 is 6.60. The Morgan fingerprint density at radius 3 is 2.56 bits per heavy atom. The van der Waals surface area contributed by atoms with Crippen LogP contribution >= 0.6 is 0 Å². The summed E-state index contributed by atoms with van der Waals surface area (Å²) in [5, 5.41) is 14.1. The summed E-state index contributed by atoms with van der Waals surface area (Å²) in [6, 6.07) is 14.2. The van der Waals surface area contributed by atoms with Crippen molar-refractivity contribution in [1.82, 2.24) is 20.1 Å². The van der Waals surface area contributed by atoms with Crippen LogP contribution in [0.3, 0.4) is 0 Å². The zero-order valence-electron chi connectivity index (χ0n) is 23.8. The largest absolute Gasteiger partial charge is 0.476 e. The van der Waals surface area contributed by atoms with Crippen LogP contribution in [0.1, 0.15) is 68.2 Å². The first kappa shape index (κ1) is 26.6. The Labute approximate surface area is 234 Å². The van der Waals surface area contributed by atoms with Gasteiger partial charge in [0.25, 0.3) is 0 Å². The zero-order chi connectivity index (χ0) is 26.8. The molecule has 4 heterocycles. The first-order chi connectivity index (χ1) is 19.1. The lowest BCUT2D eigenvalue weighted by molar-refractivity contribution is 0.161. The quantitative estimate of drug-likeness (QED) is 0.465. The predicted molar refractivity (Wildman–Crippen MR) is 155 cm³/mol. The predicted octanol–water partition coefficient (Wildman–Crippen LogP) is 4.34. The average Bonchev–Trinajstić information content (AvgIpc) is 3.69. The molecule has 1 N–H and O–H groups in total. The van der Waals surface area contributed by atoms with Gasteiger partial charge in [0.2, 0.25) is 5.88 Å². The van der Waals surface area contributed by atoms with Crippen LogP contribution in [0.5, 0.6) is 5.88 Å². The minimum absolute atomic E-state index is 0.197. The van der Waals surface area contributed by atoms with Crippen molar-refractivity contribution in [1.29, 1.82) is 5.26 Å². The number of rotatable bonds is 11. The minimum atomic E-state index is 0.197. The fourth-order valence-corrected chi connectivity index (χ4v) is 7.06. The fourth-order valence-electron chi connectivity index (χ4n) is 7.06. The summed E-state index contributed by atoms with van der Waals surface area (Å²) in [7, 11) is 0. The molecule has 3 aliphatic heterocycles. The Morgan fingerprint density at radius 1 is 1.13 bits per heavy atom. The molecule has 208 valence electrons. The third kappa shape index (κ3) is 5.52. The molecule has 3 fully saturated rings. The molecule has 4 aliphatic rings. The lowest BCUT2D eigenvalue weighted by Gasteiger charge is -2.40. The number of benzene rings is 1. The average molecular weight is 529 g/mol. The van der Waals surface area contributed by atoms with E-state index in [1.807, 2.05) is 0 Å². The Bertz CT molecular complexity index is 1170. The Kier molecular flexibility index (Phi) is 7.79. The molecule has 7 heteroatoms.